The van der Waals surface area contributed by atoms with Gasteiger partial charge >= 0.3 is 0 Å². The van der Waals surface area contributed by atoms with Crippen LogP contribution in [0.5, 0.6) is 0 Å². The van der Waals surface area contributed by atoms with Gasteiger partial charge in [0.25, 0.3) is 0 Å². The fourth-order valence-corrected chi connectivity index (χ4v) is 5.12. The van der Waals surface area contributed by atoms with Crippen LogP contribution < -0.4 is 0 Å². The van der Waals surface area contributed by atoms with Gasteiger partial charge in [-0.2, -0.15) is 0 Å². The molecule has 0 heteroatoms. The number of hydrogen-bond acceptors (Lipinski definition) is 0. The van der Waals surface area contributed by atoms with Crippen LogP contribution in [0.4, 0.5) is 0 Å². The van der Waals surface area contributed by atoms with Crippen LogP contribution in [0.1, 0.15) is 79.1 Å². The Labute approximate surface area is 109 Å². The van der Waals surface area contributed by atoms with Crippen LogP contribution in [0, 0.1) is 29.1 Å². The van der Waals surface area contributed by atoms with E-state index in [0.717, 1.165) is 23.7 Å². The second-order valence-corrected chi connectivity index (χ2v) is 7.58. The van der Waals surface area contributed by atoms with Crippen molar-refractivity contribution in [3.8, 4) is 0 Å². The molecule has 2 rings (SSSR count). The van der Waals surface area contributed by atoms with Crippen LogP contribution in [0.3, 0.4) is 0 Å². The first kappa shape index (κ1) is 13.4. The maximum Gasteiger partial charge on any atom is -0.0264 e. The van der Waals surface area contributed by atoms with Gasteiger partial charge in [0.15, 0.2) is 0 Å². The molecule has 2 saturated carbocycles. The van der Waals surface area contributed by atoms with Crippen molar-refractivity contribution in [3.63, 3.8) is 0 Å². The second-order valence-electron chi connectivity index (χ2n) is 7.58. The Hall–Kier alpha value is 0. The minimum atomic E-state index is 0.659. The molecule has 3 unspecified atom stereocenters. The quantitative estimate of drug-likeness (QED) is 0.580. The molecule has 0 aromatic rings. The van der Waals surface area contributed by atoms with Gasteiger partial charge in [-0.25, -0.2) is 0 Å². The summed E-state index contributed by atoms with van der Waals surface area (Å²) in [5.74, 6) is 3.87. The Bertz CT molecular complexity index is 236. The predicted octanol–water partition coefficient (Wildman–Crippen LogP) is 5.67. The highest BCUT2D eigenvalue weighted by molar-refractivity contribution is 4.95. The molecule has 0 amide bonds. The van der Waals surface area contributed by atoms with Crippen LogP contribution in [0.25, 0.3) is 0 Å². The van der Waals surface area contributed by atoms with Crippen LogP contribution in [-0.4, -0.2) is 0 Å². The summed E-state index contributed by atoms with van der Waals surface area (Å²) in [5, 5.41) is 0. The molecule has 0 heterocycles. The first-order chi connectivity index (χ1) is 8.04. The molecule has 0 spiro atoms. The normalized spacial score (nSPS) is 40.8. The molecule has 100 valence electrons. The van der Waals surface area contributed by atoms with E-state index in [1.807, 2.05) is 0 Å². The fraction of sp³-hybridized carbons (Fsp3) is 1.00. The van der Waals surface area contributed by atoms with E-state index in [9.17, 15) is 0 Å². The highest BCUT2D eigenvalue weighted by Crippen LogP contribution is 2.54. The lowest BCUT2D eigenvalue weighted by molar-refractivity contribution is -0.0206. The van der Waals surface area contributed by atoms with Gasteiger partial charge in [-0.05, 0) is 54.8 Å². The summed E-state index contributed by atoms with van der Waals surface area (Å²) < 4.78 is 0. The Balaban J connectivity index is 2.15. The predicted molar refractivity (Wildman–Crippen MR) is 76.0 cm³/mol. The van der Waals surface area contributed by atoms with Crippen molar-refractivity contribution >= 4 is 0 Å². The minimum Gasteiger partial charge on any atom is -0.0625 e. The molecule has 0 bridgehead atoms. The highest BCUT2D eigenvalue weighted by Gasteiger charge is 2.45. The van der Waals surface area contributed by atoms with Gasteiger partial charge in [0.05, 0.1) is 0 Å². The first-order valence-electron chi connectivity index (χ1n) is 8.04. The van der Waals surface area contributed by atoms with E-state index >= 15 is 0 Å². The van der Waals surface area contributed by atoms with Crippen LogP contribution in [0.2, 0.25) is 0 Å². The summed E-state index contributed by atoms with van der Waals surface area (Å²) in [5.41, 5.74) is 0.659. The van der Waals surface area contributed by atoms with Crippen molar-refractivity contribution in [3.05, 3.63) is 0 Å². The number of rotatable bonds is 2. The van der Waals surface area contributed by atoms with Crippen molar-refractivity contribution in [1.82, 2.24) is 0 Å². The summed E-state index contributed by atoms with van der Waals surface area (Å²) in [6, 6.07) is 0. The van der Waals surface area contributed by atoms with Gasteiger partial charge < -0.3 is 0 Å². The molecule has 0 aromatic carbocycles. The van der Waals surface area contributed by atoms with Gasteiger partial charge in [-0.3, -0.25) is 0 Å². The summed E-state index contributed by atoms with van der Waals surface area (Å²) >= 11 is 0. The van der Waals surface area contributed by atoms with E-state index in [1.165, 1.54) is 51.4 Å². The molecule has 0 N–H and O–H groups in total. The molecule has 0 aliphatic heterocycles. The molecular formula is C17H32. The molecule has 2 fully saturated rings. The van der Waals surface area contributed by atoms with Crippen LogP contribution in [-0.2, 0) is 0 Å². The standard InChI is InChI=1S/C17H32/c1-13(2)16-11-10-14(3)12-17(16,4)15-8-6-5-7-9-15/h13-16H,5-12H2,1-4H3. The zero-order chi connectivity index (χ0) is 12.5. The highest BCUT2D eigenvalue weighted by atomic mass is 14.5. The average Bonchev–Trinajstić information content (AvgIpc) is 2.29. The topological polar surface area (TPSA) is 0 Å². The maximum absolute atomic E-state index is 2.64. The van der Waals surface area contributed by atoms with Crippen LogP contribution in [0.15, 0.2) is 0 Å². The molecule has 2 aliphatic carbocycles. The fourth-order valence-electron chi connectivity index (χ4n) is 5.12. The smallest absolute Gasteiger partial charge is 0.0264 e. The van der Waals surface area contributed by atoms with E-state index in [2.05, 4.69) is 27.7 Å². The lowest BCUT2D eigenvalue weighted by Crippen LogP contribution is -2.43. The van der Waals surface area contributed by atoms with Gasteiger partial charge in [-0.15, -0.1) is 0 Å². The van der Waals surface area contributed by atoms with Crippen LogP contribution >= 0.6 is 0 Å². The number of hydrogen-bond donors (Lipinski definition) is 0. The molecule has 0 aromatic heterocycles. The SMILES string of the molecule is CC1CCC(C(C)C)C(C)(C2CCCCC2)C1. The maximum atomic E-state index is 2.64. The van der Waals surface area contributed by atoms with E-state index in [-0.39, 0.29) is 0 Å². The Morgan fingerprint density at radius 1 is 0.941 bits per heavy atom. The third kappa shape index (κ3) is 2.71. The molecule has 0 nitrogen and oxygen atoms in total. The average molecular weight is 236 g/mol. The van der Waals surface area contributed by atoms with Crippen molar-refractivity contribution in [2.45, 2.75) is 79.1 Å². The monoisotopic (exact) mass is 236 g/mol. The van der Waals surface area contributed by atoms with Gasteiger partial charge in [0, 0.05) is 0 Å². The second kappa shape index (κ2) is 5.33. The summed E-state index contributed by atoms with van der Waals surface area (Å²) in [6.45, 7) is 10.0. The van der Waals surface area contributed by atoms with Crippen molar-refractivity contribution in [1.29, 1.82) is 0 Å². The molecular weight excluding hydrogens is 204 g/mol. The summed E-state index contributed by atoms with van der Waals surface area (Å²) in [4.78, 5) is 0. The lowest BCUT2D eigenvalue weighted by Gasteiger charge is -2.52. The van der Waals surface area contributed by atoms with Crippen molar-refractivity contribution < 1.29 is 0 Å². The summed E-state index contributed by atoms with van der Waals surface area (Å²) in [7, 11) is 0. The molecule has 0 radical (unpaired) electrons. The lowest BCUT2D eigenvalue weighted by atomic mass is 9.53. The summed E-state index contributed by atoms with van der Waals surface area (Å²) in [6.07, 6.45) is 12.0. The molecule has 17 heavy (non-hydrogen) atoms. The largest absolute Gasteiger partial charge is 0.0625 e. The van der Waals surface area contributed by atoms with Crippen molar-refractivity contribution in [2.75, 3.05) is 0 Å². The minimum absolute atomic E-state index is 0.659. The van der Waals surface area contributed by atoms with E-state index in [4.69, 9.17) is 0 Å². The van der Waals surface area contributed by atoms with E-state index in [1.54, 1.807) is 0 Å². The van der Waals surface area contributed by atoms with Crippen molar-refractivity contribution in [2.24, 2.45) is 29.1 Å². The van der Waals surface area contributed by atoms with Gasteiger partial charge in [-0.1, -0.05) is 53.4 Å². The Morgan fingerprint density at radius 3 is 2.18 bits per heavy atom. The van der Waals surface area contributed by atoms with E-state index in [0.29, 0.717) is 5.41 Å². The Kier molecular flexibility index (Phi) is 4.21. The molecule has 0 saturated heterocycles. The van der Waals surface area contributed by atoms with Gasteiger partial charge in [0.1, 0.15) is 0 Å². The molecule has 3 atom stereocenters. The Morgan fingerprint density at radius 2 is 1.59 bits per heavy atom. The molecule has 2 aliphatic rings. The third-order valence-corrected chi connectivity index (χ3v) is 5.95. The van der Waals surface area contributed by atoms with E-state index < -0.39 is 0 Å². The zero-order valence-corrected chi connectivity index (χ0v) is 12.5. The zero-order valence-electron chi connectivity index (χ0n) is 12.5. The third-order valence-electron chi connectivity index (χ3n) is 5.95. The first-order valence-corrected chi connectivity index (χ1v) is 8.04. The van der Waals surface area contributed by atoms with Gasteiger partial charge in [0.2, 0.25) is 0 Å².